The maximum Gasteiger partial charge on any atom is 0.417 e. The molecule has 0 saturated carbocycles. The fraction of sp³-hybridized carbons (Fsp3) is 0.471. The first kappa shape index (κ1) is 16.3. The summed E-state index contributed by atoms with van der Waals surface area (Å²) >= 11 is 0. The minimum Gasteiger partial charge on any atom is -0.408 e. The van der Waals surface area contributed by atoms with E-state index in [4.69, 9.17) is 4.42 Å². The van der Waals surface area contributed by atoms with Crippen molar-refractivity contribution >= 4 is 22.9 Å². The maximum atomic E-state index is 12.6. The summed E-state index contributed by atoms with van der Waals surface area (Å²) in [5, 5.41) is 0. The highest BCUT2D eigenvalue weighted by molar-refractivity contribution is 5.97. The first-order valence-corrected chi connectivity index (χ1v) is 8.14. The molecule has 1 aromatic heterocycles. The van der Waals surface area contributed by atoms with E-state index in [9.17, 15) is 14.4 Å². The van der Waals surface area contributed by atoms with E-state index in [2.05, 4.69) is 4.98 Å². The largest absolute Gasteiger partial charge is 0.417 e. The molecule has 0 atom stereocenters. The first-order chi connectivity index (χ1) is 11.4. The van der Waals surface area contributed by atoms with Crippen LogP contribution in [-0.2, 0) is 4.79 Å². The van der Waals surface area contributed by atoms with Gasteiger partial charge < -0.3 is 14.2 Å². The molecule has 7 heteroatoms. The number of carbonyl (C=O) groups excluding carboxylic acids is 2. The van der Waals surface area contributed by atoms with Gasteiger partial charge in [0.25, 0.3) is 5.91 Å². The topological polar surface area (TPSA) is 86.6 Å². The fourth-order valence-electron chi connectivity index (χ4n) is 2.90. The van der Waals surface area contributed by atoms with Crippen molar-refractivity contribution in [1.29, 1.82) is 0 Å². The number of rotatable bonds is 3. The number of amides is 2. The molecule has 1 N–H and O–H groups in total. The minimum absolute atomic E-state index is 0.102. The zero-order valence-electron chi connectivity index (χ0n) is 13.9. The summed E-state index contributed by atoms with van der Waals surface area (Å²) < 4.78 is 4.94. The third-order valence-corrected chi connectivity index (χ3v) is 4.17. The number of oxazole rings is 1. The van der Waals surface area contributed by atoms with Crippen LogP contribution in [0.3, 0.4) is 0 Å². The van der Waals surface area contributed by atoms with Gasteiger partial charge in [-0.1, -0.05) is 13.8 Å². The smallest absolute Gasteiger partial charge is 0.408 e. The number of hydrogen-bond acceptors (Lipinski definition) is 4. The van der Waals surface area contributed by atoms with Crippen molar-refractivity contribution in [3.05, 3.63) is 34.3 Å². The second kappa shape index (κ2) is 6.51. The van der Waals surface area contributed by atoms with Crippen molar-refractivity contribution in [2.45, 2.75) is 20.3 Å². The summed E-state index contributed by atoms with van der Waals surface area (Å²) in [6.07, 6.45) is 0.540. The normalized spacial score (nSPS) is 15.3. The molecule has 128 valence electrons. The van der Waals surface area contributed by atoms with E-state index in [0.29, 0.717) is 55.2 Å². The highest BCUT2D eigenvalue weighted by Gasteiger charge is 2.25. The van der Waals surface area contributed by atoms with Crippen LogP contribution in [0.15, 0.2) is 27.4 Å². The summed E-state index contributed by atoms with van der Waals surface area (Å²) in [6, 6.07) is 4.89. The number of piperazine rings is 1. The quantitative estimate of drug-likeness (QED) is 0.922. The molecule has 0 spiro atoms. The van der Waals surface area contributed by atoms with E-state index in [1.54, 1.807) is 23.1 Å². The number of aromatic amines is 1. The van der Waals surface area contributed by atoms with Gasteiger partial charge in [-0.15, -0.1) is 0 Å². The van der Waals surface area contributed by atoms with Gasteiger partial charge in [-0.3, -0.25) is 14.6 Å². The lowest BCUT2D eigenvalue weighted by molar-refractivity contribution is -0.133. The predicted molar refractivity (Wildman–Crippen MR) is 88.8 cm³/mol. The Kier molecular flexibility index (Phi) is 4.42. The molecule has 3 rings (SSSR count). The lowest BCUT2D eigenvalue weighted by Crippen LogP contribution is -2.50. The summed E-state index contributed by atoms with van der Waals surface area (Å²) in [6.45, 7) is 6.19. The van der Waals surface area contributed by atoms with Gasteiger partial charge in [0.15, 0.2) is 5.58 Å². The molecule has 24 heavy (non-hydrogen) atoms. The van der Waals surface area contributed by atoms with Crippen LogP contribution < -0.4 is 5.76 Å². The molecule has 1 saturated heterocycles. The van der Waals surface area contributed by atoms with Crippen LogP contribution >= 0.6 is 0 Å². The number of nitrogens with one attached hydrogen (secondary N) is 1. The Morgan fingerprint density at radius 3 is 2.50 bits per heavy atom. The van der Waals surface area contributed by atoms with Gasteiger partial charge in [0.05, 0.1) is 5.52 Å². The van der Waals surface area contributed by atoms with Gasteiger partial charge in [0.2, 0.25) is 5.91 Å². The number of carbonyl (C=O) groups is 2. The number of benzene rings is 1. The molecule has 2 amide bonds. The summed E-state index contributed by atoms with van der Waals surface area (Å²) in [5.74, 6) is -0.155. The second-order valence-corrected chi connectivity index (χ2v) is 6.50. The van der Waals surface area contributed by atoms with Crippen LogP contribution in [0.1, 0.15) is 30.6 Å². The van der Waals surface area contributed by atoms with Gasteiger partial charge in [-0.05, 0) is 24.1 Å². The molecule has 2 aromatic rings. The van der Waals surface area contributed by atoms with E-state index >= 15 is 0 Å². The van der Waals surface area contributed by atoms with E-state index in [-0.39, 0.29) is 11.8 Å². The lowest BCUT2D eigenvalue weighted by Gasteiger charge is -2.35. The predicted octanol–water partition coefficient (Wildman–Crippen LogP) is 1.45. The molecular formula is C17H21N3O4. The average Bonchev–Trinajstić information content (AvgIpc) is 2.92. The highest BCUT2D eigenvalue weighted by atomic mass is 16.4. The monoisotopic (exact) mass is 331 g/mol. The Morgan fingerprint density at radius 2 is 1.83 bits per heavy atom. The molecule has 0 unspecified atom stereocenters. The fourth-order valence-corrected chi connectivity index (χ4v) is 2.90. The molecule has 1 aliphatic rings. The Bertz CT molecular complexity index is 813. The van der Waals surface area contributed by atoms with Crippen molar-refractivity contribution in [3.8, 4) is 0 Å². The molecule has 1 aliphatic heterocycles. The van der Waals surface area contributed by atoms with E-state index in [1.165, 1.54) is 0 Å². The van der Waals surface area contributed by atoms with Crippen molar-refractivity contribution in [2.75, 3.05) is 26.2 Å². The van der Waals surface area contributed by atoms with Gasteiger partial charge >= 0.3 is 5.76 Å². The first-order valence-electron chi connectivity index (χ1n) is 8.14. The van der Waals surface area contributed by atoms with E-state index < -0.39 is 5.76 Å². The van der Waals surface area contributed by atoms with Gasteiger partial charge in [0, 0.05) is 38.2 Å². The van der Waals surface area contributed by atoms with E-state index in [0.717, 1.165) is 0 Å². The van der Waals surface area contributed by atoms with Crippen LogP contribution in [0.5, 0.6) is 0 Å². The number of H-pyrrole nitrogens is 1. The summed E-state index contributed by atoms with van der Waals surface area (Å²) in [4.78, 5) is 42.0. The SMILES string of the molecule is CC(C)CC(=O)N1CCN(C(=O)c2ccc3oc(=O)[nH]c3c2)CC1. The zero-order chi connectivity index (χ0) is 17.3. The summed E-state index contributed by atoms with van der Waals surface area (Å²) in [7, 11) is 0. The molecule has 1 aromatic carbocycles. The molecule has 0 bridgehead atoms. The van der Waals surface area contributed by atoms with Crippen LogP contribution in [0.2, 0.25) is 0 Å². The molecular weight excluding hydrogens is 310 g/mol. The number of hydrogen-bond donors (Lipinski definition) is 1. The highest BCUT2D eigenvalue weighted by Crippen LogP contribution is 2.16. The van der Waals surface area contributed by atoms with Crippen molar-refractivity contribution in [1.82, 2.24) is 14.8 Å². The Hall–Kier alpha value is -2.57. The van der Waals surface area contributed by atoms with Gasteiger partial charge in [-0.25, -0.2) is 4.79 Å². The zero-order valence-corrected chi connectivity index (χ0v) is 13.9. The average molecular weight is 331 g/mol. The maximum absolute atomic E-state index is 12.6. The van der Waals surface area contributed by atoms with Crippen molar-refractivity contribution in [2.24, 2.45) is 5.92 Å². The minimum atomic E-state index is -0.535. The summed E-state index contributed by atoms with van der Waals surface area (Å²) in [5.41, 5.74) is 1.44. The van der Waals surface area contributed by atoms with Crippen molar-refractivity contribution in [3.63, 3.8) is 0 Å². The molecule has 0 radical (unpaired) electrons. The van der Waals surface area contributed by atoms with Crippen LogP contribution in [0, 0.1) is 5.92 Å². The van der Waals surface area contributed by atoms with Gasteiger partial charge in [-0.2, -0.15) is 0 Å². The molecule has 1 fully saturated rings. The third-order valence-electron chi connectivity index (χ3n) is 4.17. The number of aromatic nitrogens is 1. The van der Waals surface area contributed by atoms with Crippen LogP contribution in [0.4, 0.5) is 0 Å². The number of nitrogens with zero attached hydrogens (tertiary/aromatic N) is 2. The Labute approximate surface area is 139 Å². The third kappa shape index (κ3) is 3.34. The number of fused-ring (bicyclic) bond motifs is 1. The van der Waals surface area contributed by atoms with Crippen molar-refractivity contribution < 1.29 is 14.0 Å². The van der Waals surface area contributed by atoms with Crippen LogP contribution in [-0.4, -0.2) is 52.8 Å². The Morgan fingerprint density at radius 1 is 1.17 bits per heavy atom. The lowest BCUT2D eigenvalue weighted by atomic mass is 10.1. The standard InChI is InChI=1S/C17H21N3O4/c1-11(2)9-15(21)19-5-7-20(8-6-19)16(22)12-3-4-14-13(10-12)18-17(23)24-14/h3-4,10-11H,5-9H2,1-2H3,(H,18,23). The second-order valence-electron chi connectivity index (χ2n) is 6.50. The van der Waals surface area contributed by atoms with E-state index in [1.807, 2.05) is 18.7 Å². The Balaban J connectivity index is 1.65. The molecule has 0 aliphatic carbocycles. The molecule has 2 heterocycles. The van der Waals surface area contributed by atoms with Crippen LogP contribution in [0.25, 0.3) is 11.1 Å². The van der Waals surface area contributed by atoms with Gasteiger partial charge in [0.1, 0.15) is 0 Å². The molecule has 7 nitrogen and oxygen atoms in total.